The van der Waals surface area contributed by atoms with Gasteiger partial charge in [0.2, 0.25) is 0 Å². The number of ether oxygens (including phenoxy) is 2. The van der Waals surface area contributed by atoms with Crippen molar-refractivity contribution in [2.24, 2.45) is 17.3 Å². The molecular formula is C19H24O4. The van der Waals surface area contributed by atoms with Crippen molar-refractivity contribution in [1.29, 1.82) is 0 Å². The summed E-state index contributed by atoms with van der Waals surface area (Å²) in [6.07, 6.45) is 5.96. The Morgan fingerprint density at radius 2 is 1.74 bits per heavy atom. The van der Waals surface area contributed by atoms with Crippen LogP contribution >= 0.6 is 0 Å². The van der Waals surface area contributed by atoms with Gasteiger partial charge in [0.25, 0.3) is 0 Å². The molecule has 23 heavy (non-hydrogen) atoms. The van der Waals surface area contributed by atoms with Gasteiger partial charge >= 0.3 is 5.97 Å². The number of hydrogen-bond donors (Lipinski definition) is 1. The average Bonchev–Trinajstić information content (AvgIpc) is 2.52. The van der Waals surface area contributed by atoms with Crippen LogP contribution in [0.5, 0.6) is 11.5 Å². The zero-order valence-electron chi connectivity index (χ0n) is 13.8. The van der Waals surface area contributed by atoms with E-state index in [1.165, 1.54) is 12.0 Å². The highest BCUT2D eigenvalue weighted by atomic mass is 16.5. The SMILES string of the molecule is COc1ccc(C23C[C@@H]4C[C@@H](CC(C(=O)O)(C4)C2)C3)cc1OC. The Bertz CT molecular complexity index is 637. The number of rotatable bonds is 4. The standard InChI is InChI=1S/C19H24O4/c1-22-15-4-3-14(6-16(15)23-2)18-7-12-5-13(8-18)10-19(9-12,11-18)17(20)21/h3-4,6,12-13H,5,7-11H2,1-2H3,(H,20,21)/t12-,13+,18?,19?. The molecule has 4 saturated carbocycles. The van der Waals surface area contributed by atoms with Crippen molar-refractivity contribution in [3.8, 4) is 11.5 Å². The molecule has 1 aromatic rings. The largest absolute Gasteiger partial charge is 0.493 e. The molecule has 4 aliphatic carbocycles. The minimum Gasteiger partial charge on any atom is -0.493 e. The third-order valence-electron chi connectivity index (χ3n) is 6.51. The maximum atomic E-state index is 12.0. The molecular weight excluding hydrogens is 292 g/mol. The van der Waals surface area contributed by atoms with Crippen molar-refractivity contribution in [3.63, 3.8) is 0 Å². The Labute approximate surface area is 136 Å². The van der Waals surface area contributed by atoms with Gasteiger partial charge in [0.15, 0.2) is 11.5 Å². The van der Waals surface area contributed by atoms with Gasteiger partial charge in [0.05, 0.1) is 19.6 Å². The first-order valence-corrected chi connectivity index (χ1v) is 8.46. The van der Waals surface area contributed by atoms with E-state index in [0.717, 1.165) is 43.6 Å². The smallest absolute Gasteiger partial charge is 0.309 e. The Balaban J connectivity index is 1.77. The van der Waals surface area contributed by atoms with Gasteiger partial charge in [-0.3, -0.25) is 4.79 Å². The van der Waals surface area contributed by atoms with E-state index in [-0.39, 0.29) is 5.41 Å². The number of carboxylic acid groups (broad SMARTS) is 1. The highest BCUT2D eigenvalue weighted by Crippen LogP contribution is 2.66. The predicted molar refractivity (Wildman–Crippen MR) is 86.0 cm³/mol. The van der Waals surface area contributed by atoms with Crippen molar-refractivity contribution in [1.82, 2.24) is 0 Å². The lowest BCUT2D eigenvalue weighted by atomic mass is 9.43. The molecule has 4 atom stereocenters. The van der Waals surface area contributed by atoms with Crippen LogP contribution in [0.1, 0.15) is 44.1 Å². The second kappa shape index (κ2) is 4.89. The summed E-state index contributed by atoms with van der Waals surface area (Å²) in [5, 5.41) is 9.88. The summed E-state index contributed by atoms with van der Waals surface area (Å²) in [7, 11) is 3.29. The van der Waals surface area contributed by atoms with E-state index in [1.54, 1.807) is 14.2 Å². The van der Waals surface area contributed by atoms with Crippen LogP contribution in [0, 0.1) is 17.3 Å². The van der Waals surface area contributed by atoms with Gasteiger partial charge in [-0.1, -0.05) is 6.07 Å². The molecule has 5 rings (SSSR count). The summed E-state index contributed by atoms with van der Waals surface area (Å²) in [5.41, 5.74) is 0.731. The first kappa shape index (κ1) is 14.9. The van der Waals surface area contributed by atoms with E-state index in [9.17, 15) is 9.90 Å². The molecule has 1 N–H and O–H groups in total. The van der Waals surface area contributed by atoms with Gasteiger partial charge in [-0.15, -0.1) is 0 Å². The molecule has 0 aliphatic heterocycles. The zero-order chi connectivity index (χ0) is 16.2. The van der Waals surface area contributed by atoms with Crippen molar-refractivity contribution >= 4 is 5.97 Å². The first-order chi connectivity index (χ1) is 11.0. The quantitative estimate of drug-likeness (QED) is 0.921. The molecule has 4 aliphatic rings. The topological polar surface area (TPSA) is 55.8 Å². The van der Waals surface area contributed by atoms with E-state index in [4.69, 9.17) is 9.47 Å². The van der Waals surface area contributed by atoms with Gasteiger partial charge in [0, 0.05) is 0 Å². The maximum absolute atomic E-state index is 12.0. The lowest BCUT2D eigenvalue weighted by Gasteiger charge is -2.60. The van der Waals surface area contributed by atoms with Gasteiger partial charge in [-0.25, -0.2) is 0 Å². The third-order valence-corrected chi connectivity index (χ3v) is 6.51. The molecule has 4 fully saturated rings. The molecule has 0 spiro atoms. The van der Waals surface area contributed by atoms with Gasteiger partial charge < -0.3 is 14.6 Å². The summed E-state index contributed by atoms with van der Waals surface area (Å²) >= 11 is 0. The number of hydrogen-bond acceptors (Lipinski definition) is 3. The Morgan fingerprint density at radius 1 is 1.09 bits per heavy atom. The minimum absolute atomic E-state index is 0.00201. The van der Waals surface area contributed by atoms with E-state index in [1.807, 2.05) is 6.07 Å². The van der Waals surface area contributed by atoms with E-state index >= 15 is 0 Å². The van der Waals surface area contributed by atoms with Crippen LogP contribution in [0.25, 0.3) is 0 Å². The fourth-order valence-electron chi connectivity index (χ4n) is 6.02. The van der Waals surface area contributed by atoms with E-state index in [2.05, 4.69) is 12.1 Å². The summed E-state index contributed by atoms with van der Waals surface area (Å²) in [4.78, 5) is 12.0. The normalized spacial score (nSPS) is 37.7. The van der Waals surface area contributed by atoms with Crippen LogP contribution in [0.4, 0.5) is 0 Å². The Kier molecular flexibility index (Phi) is 3.16. The number of methoxy groups -OCH3 is 2. The number of carboxylic acids is 1. The highest BCUT2D eigenvalue weighted by Gasteiger charge is 2.61. The molecule has 2 unspecified atom stereocenters. The summed E-state index contributed by atoms with van der Waals surface area (Å²) < 4.78 is 10.8. The summed E-state index contributed by atoms with van der Waals surface area (Å²) in [6, 6.07) is 6.14. The number of aliphatic carboxylic acids is 1. The first-order valence-electron chi connectivity index (χ1n) is 8.46. The Hall–Kier alpha value is -1.71. The van der Waals surface area contributed by atoms with Crippen molar-refractivity contribution in [2.45, 2.75) is 43.9 Å². The molecule has 4 nitrogen and oxygen atoms in total. The lowest BCUT2D eigenvalue weighted by Crippen LogP contribution is -2.56. The van der Waals surface area contributed by atoms with Crippen LogP contribution in [-0.4, -0.2) is 25.3 Å². The molecule has 4 bridgehead atoms. The van der Waals surface area contributed by atoms with Crippen LogP contribution in [0.2, 0.25) is 0 Å². The predicted octanol–water partition coefficient (Wildman–Crippen LogP) is 3.63. The molecule has 124 valence electrons. The minimum atomic E-state index is -0.587. The second-order valence-corrected chi connectivity index (χ2v) is 7.90. The van der Waals surface area contributed by atoms with Crippen LogP contribution < -0.4 is 9.47 Å². The molecule has 4 heteroatoms. The summed E-state index contributed by atoms with van der Waals surface area (Å²) in [6.45, 7) is 0. The molecule has 0 amide bonds. The van der Waals surface area contributed by atoms with Gasteiger partial charge in [-0.05, 0) is 73.5 Å². The zero-order valence-corrected chi connectivity index (χ0v) is 13.8. The summed E-state index contributed by atoms with van der Waals surface area (Å²) in [5.74, 6) is 2.00. The second-order valence-electron chi connectivity index (χ2n) is 7.90. The molecule has 0 saturated heterocycles. The van der Waals surface area contributed by atoms with Gasteiger partial charge in [0.1, 0.15) is 0 Å². The fourth-order valence-corrected chi connectivity index (χ4v) is 6.02. The molecule has 0 radical (unpaired) electrons. The third kappa shape index (κ3) is 2.07. The maximum Gasteiger partial charge on any atom is 0.309 e. The molecule has 0 aromatic heterocycles. The number of benzene rings is 1. The molecule has 0 heterocycles. The highest BCUT2D eigenvalue weighted by molar-refractivity contribution is 5.76. The fraction of sp³-hybridized carbons (Fsp3) is 0.632. The van der Waals surface area contributed by atoms with E-state index < -0.39 is 11.4 Å². The Morgan fingerprint density at radius 3 is 2.30 bits per heavy atom. The van der Waals surface area contributed by atoms with E-state index in [0.29, 0.717) is 11.8 Å². The van der Waals surface area contributed by atoms with Crippen LogP contribution in [0.15, 0.2) is 18.2 Å². The van der Waals surface area contributed by atoms with Crippen molar-refractivity contribution in [2.75, 3.05) is 14.2 Å². The van der Waals surface area contributed by atoms with Crippen LogP contribution in [0.3, 0.4) is 0 Å². The van der Waals surface area contributed by atoms with Crippen molar-refractivity contribution < 1.29 is 19.4 Å². The lowest BCUT2D eigenvalue weighted by molar-refractivity contribution is -0.167. The van der Waals surface area contributed by atoms with Crippen molar-refractivity contribution in [3.05, 3.63) is 23.8 Å². The van der Waals surface area contributed by atoms with Crippen LogP contribution in [-0.2, 0) is 10.2 Å². The molecule has 1 aromatic carbocycles. The monoisotopic (exact) mass is 316 g/mol. The number of carbonyl (C=O) groups is 1. The average molecular weight is 316 g/mol. The van der Waals surface area contributed by atoms with Gasteiger partial charge in [-0.2, -0.15) is 0 Å².